The van der Waals surface area contributed by atoms with Gasteiger partial charge in [0.15, 0.2) is 0 Å². The highest BCUT2D eigenvalue weighted by atomic mass is 28.3. The van der Waals surface area contributed by atoms with Crippen LogP contribution in [0, 0.1) is 12.8 Å². The molecule has 10 heteroatoms. The summed E-state index contributed by atoms with van der Waals surface area (Å²) in [6.07, 6.45) is 4.68. The van der Waals surface area contributed by atoms with Gasteiger partial charge in [-0.25, -0.2) is 0 Å². The number of anilines is 2. The molecule has 9 nitrogen and oxygen atoms in total. The fourth-order valence-corrected chi connectivity index (χ4v) is 6.12. The number of phenols is 1. The molecule has 1 amide bonds. The molecule has 2 bridgehead atoms. The predicted octanol–water partition coefficient (Wildman–Crippen LogP) is 5.60. The lowest BCUT2D eigenvalue weighted by molar-refractivity contribution is 0.100. The van der Waals surface area contributed by atoms with Crippen molar-refractivity contribution >= 4 is 31.3 Å². The van der Waals surface area contributed by atoms with Crippen molar-refractivity contribution < 1.29 is 14.6 Å². The van der Waals surface area contributed by atoms with Crippen LogP contribution in [0.4, 0.5) is 11.4 Å². The summed E-state index contributed by atoms with van der Waals surface area (Å²) < 4.78 is 8.08. The Bertz CT molecular complexity index is 1440. The molecular weight excluding hydrogens is 520 g/mol. The van der Waals surface area contributed by atoms with Crippen LogP contribution in [0.1, 0.15) is 41.5 Å². The molecule has 0 fully saturated rings. The number of aryl methyl sites for hydroxylation is 2. The van der Waals surface area contributed by atoms with Crippen LogP contribution in [-0.2, 0) is 18.2 Å². The van der Waals surface area contributed by atoms with E-state index in [0.717, 1.165) is 59.3 Å². The molecule has 0 aliphatic carbocycles. The zero-order valence-corrected chi connectivity index (χ0v) is 25.4. The van der Waals surface area contributed by atoms with E-state index < -0.39 is 8.07 Å². The molecule has 1 aromatic carbocycles. The quantitative estimate of drug-likeness (QED) is 0.320. The predicted molar refractivity (Wildman–Crippen MR) is 162 cm³/mol. The molecule has 4 heterocycles. The van der Waals surface area contributed by atoms with Crippen LogP contribution in [0.5, 0.6) is 5.75 Å². The van der Waals surface area contributed by atoms with Crippen LogP contribution < -0.4 is 9.80 Å². The van der Waals surface area contributed by atoms with E-state index in [9.17, 15) is 9.90 Å². The fourth-order valence-electron chi connectivity index (χ4n) is 5.36. The molecule has 2 aliphatic heterocycles. The van der Waals surface area contributed by atoms with Crippen LogP contribution >= 0.6 is 0 Å². The topological polar surface area (TPSA) is 96.1 Å². The third-order valence-electron chi connectivity index (χ3n) is 7.58. The monoisotopic (exact) mass is 560 g/mol. The van der Waals surface area contributed by atoms with E-state index in [4.69, 9.17) is 14.7 Å². The number of amides is 1. The van der Waals surface area contributed by atoms with Gasteiger partial charge in [0.05, 0.1) is 23.3 Å². The Morgan fingerprint density at radius 2 is 1.95 bits per heavy atom. The molecule has 0 unspecified atom stereocenters. The Balaban J connectivity index is 1.58. The number of benzene rings is 1. The molecule has 212 valence electrons. The second-order valence-corrected chi connectivity index (χ2v) is 17.9. The van der Waals surface area contributed by atoms with Gasteiger partial charge in [-0.3, -0.25) is 19.4 Å². The number of hydrogen-bond donors (Lipinski definition) is 1. The number of fused-ring (bicyclic) bond motifs is 7. The molecule has 0 saturated carbocycles. The summed E-state index contributed by atoms with van der Waals surface area (Å²) in [6.45, 7) is 12.7. The van der Waals surface area contributed by atoms with Crippen molar-refractivity contribution in [1.29, 1.82) is 0 Å². The number of guanidine groups is 1. The minimum Gasteiger partial charge on any atom is -0.508 e. The van der Waals surface area contributed by atoms with Crippen molar-refractivity contribution in [3.63, 3.8) is 0 Å². The lowest BCUT2D eigenvalue weighted by Gasteiger charge is -2.26. The van der Waals surface area contributed by atoms with Crippen molar-refractivity contribution in [3.05, 3.63) is 53.5 Å². The van der Waals surface area contributed by atoms with Gasteiger partial charge in [-0.2, -0.15) is 10.1 Å². The van der Waals surface area contributed by atoms with Gasteiger partial charge >= 0.3 is 0 Å². The van der Waals surface area contributed by atoms with Crippen LogP contribution in [0.3, 0.4) is 0 Å². The molecule has 1 N–H and O–H groups in total. The first kappa shape index (κ1) is 28.0. The summed E-state index contributed by atoms with van der Waals surface area (Å²) in [7, 11) is 0.695. The third-order valence-corrected chi connectivity index (χ3v) is 9.29. The van der Waals surface area contributed by atoms with Gasteiger partial charge in [-0.05, 0) is 62.4 Å². The number of nitrogens with zero attached hydrogens (tertiary/aromatic N) is 6. The van der Waals surface area contributed by atoms with Crippen LogP contribution in [0.15, 0.2) is 41.5 Å². The summed E-state index contributed by atoms with van der Waals surface area (Å²) >= 11 is 0. The Morgan fingerprint density at radius 3 is 2.73 bits per heavy atom. The Hall–Kier alpha value is -3.50. The summed E-state index contributed by atoms with van der Waals surface area (Å²) in [5.41, 5.74) is 5.75. The Labute approximate surface area is 237 Å². The highest BCUT2D eigenvalue weighted by Crippen LogP contribution is 2.40. The summed E-state index contributed by atoms with van der Waals surface area (Å²) in [4.78, 5) is 27.3. The number of carbonyl (C=O) groups excluding carboxylic acids is 1. The van der Waals surface area contributed by atoms with E-state index in [1.807, 2.05) is 41.9 Å². The molecule has 1 atom stereocenters. The first-order valence-electron chi connectivity index (χ1n) is 14.1. The number of aromatic hydroxyl groups is 1. The van der Waals surface area contributed by atoms with Gasteiger partial charge in [0.2, 0.25) is 5.96 Å². The van der Waals surface area contributed by atoms with Gasteiger partial charge in [0.25, 0.3) is 5.91 Å². The normalized spacial score (nSPS) is 17.7. The SMILES string of the molecule is Cc1cc2cc(n1)-c1cnn(C)c1CCC[C@@H](C)CN1C(=NC2=O)N(COCC[Si](C)(C)C)c2ccc(O)cc21. The lowest BCUT2D eigenvalue weighted by Crippen LogP contribution is -2.42. The number of hydrogen-bond acceptors (Lipinski definition) is 7. The van der Waals surface area contributed by atoms with E-state index >= 15 is 0 Å². The van der Waals surface area contributed by atoms with Crippen LogP contribution in [0.25, 0.3) is 11.3 Å². The number of aromatic nitrogens is 3. The largest absolute Gasteiger partial charge is 0.508 e. The van der Waals surface area contributed by atoms with E-state index in [-0.39, 0.29) is 18.4 Å². The van der Waals surface area contributed by atoms with Crippen molar-refractivity contribution in [2.24, 2.45) is 18.0 Å². The second-order valence-electron chi connectivity index (χ2n) is 12.3. The van der Waals surface area contributed by atoms with Gasteiger partial charge in [-0.15, -0.1) is 0 Å². The Kier molecular flexibility index (Phi) is 7.83. The number of carbonyl (C=O) groups is 1. The summed E-state index contributed by atoms with van der Waals surface area (Å²) in [6, 6.07) is 9.96. The van der Waals surface area contributed by atoms with Crippen molar-refractivity contribution in [2.75, 3.05) is 29.7 Å². The summed E-state index contributed by atoms with van der Waals surface area (Å²) in [5, 5.41) is 14.9. The summed E-state index contributed by atoms with van der Waals surface area (Å²) in [5.74, 6) is 0.670. The van der Waals surface area contributed by atoms with E-state index in [1.54, 1.807) is 18.2 Å². The van der Waals surface area contributed by atoms with Gasteiger partial charge in [0.1, 0.15) is 12.5 Å². The minimum atomic E-state index is -1.26. The second kappa shape index (κ2) is 11.2. The maximum absolute atomic E-state index is 13.8. The van der Waals surface area contributed by atoms with Crippen molar-refractivity contribution in [1.82, 2.24) is 14.8 Å². The smallest absolute Gasteiger partial charge is 0.280 e. The molecular formula is C30H40N6O3Si. The molecule has 0 spiro atoms. The van der Waals surface area contributed by atoms with Crippen LogP contribution in [-0.4, -0.2) is 59.7 Å². The number of phenolic OH excluding ortho intramolecular Hbond substituents is 1. The van der Waals surface area contributed by atoms with E-state index in [2.05, 4.69) is 36.6 Å². The molecule has 40 heavy (non-hydrogen) atoms. The van der Waals surface area contributed by atoms with Gasteiger partial charge in [-0.1, -0.05) is 26.6 Å². The zero-order chi connectivity index (χ0) is 28.6. The van der Waals surface area contributed by atoms with Gasteiger partial charge in [0, 0.05) is 56.9 Å². The lowest BCUT2D eigenvalue weighted by atomic mass is 9.99. The first-order valence-corrected chi connectivity index (χ1v) is 17.8. The van der Waals surface area contributed by atoms with Crippen molar-refractivity contribution in [2.45, 2.75) is 58.8 Å². The number of pyridine rings is 1. The van der Waals surface area contributed by atoms with E-state index in [0.29, 0.717) is 30.6 Å². The average Bonchev–Trinajstić information content (AvgIpc) is 3.37. The zero-order valence-electron chi connectivity index (χ0n) is 24.4. The standard InChI is InChI=1S/C30H40N6O3Si/c1-20-8-7-9-26-24(17-31-34(26)3)25-15-22(14-21(2)32-25)29(38)33-30-35(18-20)28-16-23(37)10-11-27(28)36(30)19-39-12-13-40(4,5)6/h10-11,14-17,20,37H,7-9,12-13,18-19H2,1-6H3/t20-/m1/s1. The molecule has 0 saturated heterocycles. The highest BCUT2D eigenvalue weighted by Gasteiger charge is 2.35. The maximum atomic E-state index is 13.8. The Morgan fingerprint density at radius 1 is 1.15 bits per heavy atom. The maximum Gasteiger partial charge on any atom is 0.280 e. The third kappa shape index (κ3) is 5.97. The molecule has 2 aromatic heterocycles. The first-order chi connectivity index (χ1) is 19.0. The average molecular weight is 561 g/mol. The molecule has 0 radical (unpaired) electrons. The van der Waals surface area contributed by atoms with E-state index in [1.165, 1.54) is 0 Å². The molecule has 2 aliphatic rings. The minimum absolute atomic E-state index is 0.177. The number of rotatable bonds is 5. The molecule has 5 rings (SSSR count). The number of aliphatic imine (C=N–C) groups is 1. The van der Waals surface area contributed by atoms with Crippen LogP contribution in [0.2, 0.25) is 25.7 Å². The van der Waals surface area contributed by atoms with Gasteiger partial charge < -0.3 is 14.7 Å². The highest BCUT2D eigenvalue weighted by molar-refractivity contribution is 6.76. The number of ether oxygens (including phenoxy) is 1. The molecule has 3 aromatic rings. The van der Waals surface area contributed by atoms with Crippen molar-refractivity contribution in [3.8, 4) is 17.0 Å². The fraction of sp³-hybridized carbons (Fsp3) is 0.467.